The number of hydrogen-bond donors (Lipinski definition) is 0. The van der Waals surface area contributed by atoms with Gasteiger partial charge in [0.2, 0.25) is 0 Å². The number of nitrogens with zero attached hydrogens (tertiary/aromatic N) is 3. The van der Waals surface area contributed by atoms with Crippen LogP contribution in [0.25, 0.3) is 60.6 Å². The van der Waals surface area contributed by atoms with Crippen molar-refractivity contribution in [1.29, 1.82) is 0 Å². The first kappa shape index (κ1) is 15.7. The summed E-state index contributed by atoms with van der Waals surface area (Å²) >= 11 is 0. The highest BCUT2D eigenvalue weighted by Gasteiger charge is 2.17. The molecular weight excluding hydrogens is 370 g/mol. The molecule has 3 aromatic carbocycles. The molecule has 4 nitrogen and oxygen atoms in total. The van der Waals surface area contributed by atoms with Crippen molar-refractivity contribution in [2.75, 3.05) is 0 Å². The Morgan fingerprint density at radius 1 is 0.700 bits per heavy atom. The Hall–Kier alpha value is -4.18. The lowest BCUT2D eigenvalue weighted by atomic mass is 10.1. The highest BCUT2D eigenvalue weighted by Crippen LogP contribution is 2.38. The summed E-state index contributed by atoms with van der Waals surface area (Å²) in [6, 6.07) is 26.9. The van der Waals surface area contributed by atoms with E-state index in [2.05, 4.69) is 76.2 Å². The zero-order valence-electron chi connectivity index (χ0n) is 15.9. The third-order valence-electron chi connectivity index (χ3n) is 5.87. The summed E-state index contributed by atoms with van der Waals surface area (Å²) in [4.78, 5) is 9.54. The van der Waals surface area contributed by atoms with Gasteiger partial charge < -0.3 is 4.42 Å². The van der Waals surface area contributed by atoms with Gasteiger partial charge in [0.1, 0.15) is 16.7 Å². The Bertz CT molecular complexity index is 1740. The quantitative estimate of drug-likeness (QED) is 0.320. The number of fused-ring (bicyclic) bond motifs is 9. The minimum absolute atomic E-state index is 0.818. The Morgan fingerprint density at radius 3 is 2.50 bits per heavy atom. The van der Waals surface area contributed by atoms with E-state index in [4.69, 9.17) is 9.40 Å². The Labute approximate surface area is 171 Å². The van der Waals surface area contributed by atoms with E-state index in [0.717, 1.165) is 55.3 Å². The molecule has 0 amide bonds. The second kappa shape index (κ2) is 5.67. The largest absolute Gasteiger partial charge is 0.453 e. The minimum Gasteiger partial charge on any atom is -0.453 e. The van der Waals surface area contributed by atoms with Gasteiger partial charge in [-0.1, -0.05) is 42.5 Å². The van der Waals surface area contributed by atoms with Crippen LogP contribution in [0.5, 0.6) is 0 Å². The third kappa shape index (κ3) is 2.00. The van der Waals surface area contributed by atoms with E-state index in [9.17, 15) is 0 Å². The molecule has 4 aromatic heterocycles. The van der Waals surface area contributed by atoms with E-state index in [-0.39, 0.29) is 0 Å². The van der Waals surface area contributed by atoms with Crippen molar-refractivity contribution in [3.05, 3.63) is 91.3 Å². The molecule has 0 aliphatic heterocycles. The van der Waals surface area contributed by atoms with Crippen LogP contribution in [-0.2, 0) is 0 Å². The van der Waals surface area contributed by atoms with E-state index in [0.29, 0.717) is 0 Å². The van der Waals surface area contributed by atoms with Crippen LogP contribution in [-0.4, -0.2) is 14.4 Å². The second-order valence-corrected chi connectivity index (χ2v) is 7.52. The molecule has 30 heavy (non-hydrogen) atoms. The SMILES string of the molecule is c1ccc(-c2cccc3c2oc2c3ccc3c2nc2c4ccccc4ccn32)nc1. The van der Waals surface area contributed by atoms with E-state index in [1.54, 1.807) is 0 Å². The number of benzene rings is 3. The minimum atomic E-state index is 0.818. The molecule has 0 fully saturated rings. The number of imidazole rings is 1. The molecule has 0 aliphatic carbocycles. The predicted octanol–water partition coefficient (Wildman–Crippen LogP) is 6.60. The van der Waals surface area contributed by atoms with Crippen molar-refractivity contribution in [1.82, 2.24) is 14.4 Å². The van der Waals surface area contributed by atoms with Crippen molar-refractivity contribution >= 4 is 49.4 Å². The molecule has 0 saturated heterocycles. The van der Waals surface area contributed by atoms with Crippen molar-refractivity contribution in [3.63, 3.8) is 0 Å². The van der Waals surface area contributed by atoms with Gasteiger partial charge in [0.05, 0.1) is 11.2 Å². The molecule has 4 heteroatoms. The number of rotatable bonds is 1. The normalized spacial score (nSPS) is 12.0. The van der Waals surface area contributed by atoms with Crippen LogP contribution >= 0.6 is 0 Å². The molecule has 0 saturated carbocycles. The lowest BCUT2D eigenvalue weighted by Gasteiger charge is -2.00. The molecule has 7 aromatic rings. The topological polar surface area (TPSA) is 43.3 Å². The van der Waals surface area contributed by atoms with Gasteiger partial charge >= 0.3 is 0 Å². The van der Waals surface area contributed by atoms with Crippen LogP contribution in [0.2, 0.25) is 0 Å². The summed E-state index contributed by atoms with van der Waals surface area (Å²) in [6.07, 6.45) is 3.89. The van der Waals surface area contributed by atoms with Gasteiger partial charge in [-0.3, -0.25) is 9.38 Å². The van der Waals surface area contributed by atoms with E-state index in [1.165, 1.54) is 5.39 Å². The van der Waals surface area contributed by atoms with Crippen LogP contribution in [0, 0.1) is 0 Å². The summed E-state index contributed by atoms with van der Waals surface area (Å²) in [5.41, 5.74) is 6.43. The monoisotopic (exact) mass is 385 g/mol. The zero-order valence-corrected chi connectivity index (χ0v) is 15.9. The maximum absolute atomic E-state index is 6.48. The fraction of sp³-hybridized carbons (Fsp3) is 0. The number of para-hydroxylation sites is 1. The zero-order chi connectivity index (χ0) is 19.7. The van der Waals surface area contributed by atoms with Crippen LogP contribution in [0.3, 0.4) is 0 Å². The molecule has 0 spiro atoms. The van der Waals surface area contributed by atoms with Crippen LogP contribution in [0.15, 0.2) is 95.7 Å². The average molecular weight is 385 g/mol. The molecule has 0 N–H and O–H groups in total. The summed E-state index contributed by atoms with van der Waals surface area (Å²) in [6.45, 7) is 0. The highest BCUT2D eigenvalue weighted by atomic mass is 16.3. The predicted molar refractivity (Wildman–Crippen MR) is 121 cm³/mol. The lowest BCUT2D eigenvalue weighted by molar-refractivity contribution is 0.673. The van der Waals surface area contributed by atoms with Crippen molar-refractivity contribution < 1.29 is 4.42 Å². The van der Waals surface area contributed by atoms with E-state index < -0.39 is 0 Å². The maximum Gasteiger partial charge on any atom is 0.163 e. The van der Waals surface area contributed by atoms with Crippen molar-refractivity contribution in [2.45, 2.75) is 0 Å². The fourth-order valence-corrected chi connectivity index (χ4v) is 4.48. The fourth-order valence-electron chi connectivity index (χ4n) is 4.48. The smallest absolute Gasteiger partial charge is 0.163 e. The van der Waals surface area contributed by atoms with E-state index in [1.807, 2.05) is 24.4 Å². The Morgan fingerprint density at radius 2 is 1.57 bits per heavy atom. The number of furan rings is 1. The van der Waals surface area contributed by atoms with Gasteiger partial charge in [-0.05, 0) is 41.8 Å². The standard InChI is InChI=1S/C26H15N3O/c1-2-7-17-16(6-1)13-15-29-22-12-11-19-18-8-5-9-20(21-10-3-4-14-27-21)24(18)30-25(19)23(22)28-26(17)29/h1-15H. The molecule has 0 bridgehead atoms. The van der Waals surface area contributed by atoms with Crippen LogP contribution in [0.1, 0.15) is 0 Å². The first-order chi connectivity index (χ1) is 14.9. The number of aromatic nitrogens is 3. The van der Waals surface area contributed by atoms with Crippen molar-refractivity contribution in [2.24, 2.45) is 0 Å². The first-order valence-electron chi connectivity index (χ1n) is 9.94. The molecule has 0 unspecified atom stereocenters. The summed E-state index contributed by atoms with van der Waals surface area (Å²) in [7, 11) is 0. The molecule has 4 heterocycles. The summed E-state index contributed by atoms with van der Waals surface area (Å²) in [5, 5.41) is 4.47. The molecular formula is C26H15N3O. The van der Waals surface area contributed by atoms with Gasteiger partial charge in [0.25, 0.3) is 0 Å². The number of hydrogen-bond acceptors (Lipinski definition) is 3. The van der Waals surface area contributed by atoms with Gasteiger partial charge in [-0.25, -0.2) is 4.98 Å². The second-order valence-electron chi connectivity index (χ2n) is 7.52. The lowest BCUT2D eigenvalue weighted by Crippen LogP contribution is -1.85. The van der Waals surface area contributed by atoms with Gasteiger partial charge in [0.15, 0.2) is 5.58 Å². The summed E-state index contributed by atoms with van der Waals surface area (Å²) in [5.74, 6) is 0. The van der Waals surface area contributed by atoms with E-state index >= 15 is 0 Å². The van der Waals surface area contributed by atoms with Gasteiger partial charge in [0, 0.05) is 34.1 Å². The Balaban J connectivity index is 1.63. The molecule has 0 aliphatic rings. The summed E-state index contributed by atoms with van der Waals surface area (Å²) < 4.78 is 8.62. The van der Waals surface area contributed by atoms with Crippen molar-refractivity contribution in [3.8, 4) is 11.3 Å². The van der Waals surface area contributed by atoms with Crippen LogP contribution < -0.4 is 0 Å². The molecule has 140 valence electrons. The highest BCUT2D eigenvalue weighted by molar-refractivity contribution is 6.16. The van der Waals surface area contributed by atoms with Gasteiger partial charge in [-0.15, -0.1) is 0 Å². The maximum atomic E-state index is 6.48. The van der Waals surface area contributed by atoms with Gasteiger partial charge in [-0.2, -0.15) is 0 Å². The Kier molecular flexibility index (Phi) is 2.97. The molecule has 7 rings (SSSR count). The number of pyridine rings is 2. The molecule has 0 radical (unpaired) electrons. The third-order valence-corrected chi connectivity index (χ3v) is 5.87. The van der Waals surface area contributed by atoms with Crippen LogP contribution in [0.4, 0.5) is 0 Å². The molecule has 0 atom stereocenters. The average Bonchev–Trinajstić information content (AvgIpc) is 3.38. The first-order valence-corrected chi connectivity index (χ1v) is 9.94.